The van der Waals surface area contributed by atoms with E-state index in [9.17, 15) is 35.1 Å². The number of ether oxygens (including phenoxy) is 3. The van der Waals surface area contributed by atoms with Crippen LogP contribution in [0.4, 0.5) is 0 Å². The van der Waals surface area contributed by atoms with Gasteiger partial charge in [0.15, 0.2) is 11.4 Å². The number of rotatable bonds is 3. The lowest BCUT2D eigenvalue weighted by molar-refractivity contribution is -0.345. The molecule has 0 aromatic carbocycles. The van der Waals surface area contributed by atoms with Gasteiger partial charge in [-0.3, -0.25) is 0 Å². The minimum absolute atomic E-state index is 0.0607. The number of aliphatic hydroxyl groups excluding tert-OH is 3. The summed E-state index contributed by atoms with van der Waals surface area (Å²) in [5.74, 6) is -6.72. The Morgan fingerprint density at radius 2 is 1.94 bits per heavy atom. The summed E-state index contributed by atoms with van der Waals surface area (Å²) in [7, 11) is 0. The van der Waals surface area contributed by atoms with Crippen molar-refractivity contribution in [3.05, 3.63) is 11.6 Å². The fourth-order valence-corrected chi connectivity index (χ4v) is 8.28. The molecular weight excluding hydrogens is 460 g/mol. The lowest BCUT2D eigenvalue weighted by atomic mass is 9.38. The zero-order valence-electron chi connectivity index (χ0n) is 20.7. The summed E-state index contributed by atoms with van der Waals surface area (Å²) in [5.41, 5.74) is -3.29. The molecule has 2 unspecified atom stereocenters. The first-order valence-corrected chi connectivity index (χ1v) is 12.4. The summed E-state index contributed by atoms with van der Waals surface area (Å²) in [6, 6.07) is 0. The smallest absolute Gasteiger partial charge is 0.348 e. The maximum Gasteiger partial charge on any atom is 0.348 e. The molecule has 2 aliphatic heterocycles. The average molecular weight is 497 g/mol. The molecule has 1 spiro atoms. The molecular formula is C25H36O10. The molecule has 2 saturated heterocycles. The number of carbonyl (C=O) groups excluding carboxylic acids is 2. The van der Waals surface area contributed by atoms with Crippen LogP contribution in [-0.2, 0) is 23.8 Å². The van der Waals surface area contributed by atoms with Crippen LogP contribution in [0, 0.1) is 34.5 Å². The SMILES string of the molecule is CC[C@](C)(O)C(=O)O[C@H]1C(=O)O[C@@H]2C[C@H]3C(C)=C[C@H](O)[C@@H](O)[C@]3(C)[C@H]3C4(O)OC[C@@]23C1[C@@H](C)[C@H]4O. The molecule has 0 aromatic rings. The number of carbonyl (C=O) groups is 2. The van der Waals surface area contributed by atoms with Crippen LogP contribution in [0.15, 0.2) is 11.6 Å². The minimum atomic E-state index is -2.08. The van der Waals surface area contributed by atoms with E-state index in [0.717, 1.165) is 5.57 Å². The van der Waals surface area contributed by atoms with Crippen LogP contribution >= 0.6 is 0 Å². The third-order valence-electron chi connectivity index (χ3n) is 10.2. The molecule has 2 bridgehead atoms. The Kier molecular flexibility index (Phi) is 5.37. The molecule has 0 aromatic heterocycles. The molecule has 35 heavy (non-hydrogen) atoms. The Morgan fingerprint density at radius 1 is 1.29 bits per heavy atom. The van der Waals surface area contributed by atoms with Crippen LogP contribution in [-0.4, -0.2) is 86.0 Å². The number of aliphatic hydroxyl groups is 5. The van der Waals surface area contributed by atoms with Crippen molar-refractivity contribution in [3.63, 3.8) is 0 Å². The second-order valence-corrected chi connectivity index (χ2v) is 11.8. The second-order valence-electron chi connectivity index (χ2n) is 11.8. The van der Waals surface area contributed by atoms with Crippen LogP contribution in [0.25, 0.3) is 0 Å². The molecule has 3 aliphatic carbocycles. The van der Waals surface area contributed by atoms with E-state index in [2.05, 4.69) is 0 Å². The van der Waals surface area contributed by atoms with E-state index < -0.39 is 82.4 Å². The van der Waals surface area contributed by atoms with Crippen LogP contribution < -0.4 is 0 Å². The van der Waals surface area contributed by atoms with Gasteiger partial charge in [0, 0.05) is 22.7 Å². The van der Waals surface area contributed by atoms with Gasteiger partial charge in [0.05, 0.1) is 18.8 Å². The predicted molar refractivity (Wildman–Crippen MR) is 118 cm³/mol. The first kappa shape index (κ1) is 25.1. The molecule has 10 nitrogen and oxygen atoms in total. The third kappa shape index (κ3) is 2.86. The maximum atomic E-state index is 13.3. The summed E-state index contributed by atoms with van der Waals surface area (Å²) in [6.07, 6.45) is -4.18. The molecule has 2 saturated carbocycles. The Hall–Kier alpha value is -1.56. The third-order valence-corrected chi connectivity index (χ3v) is 10.2. The summed E-state index contributed by atoms with van der Waals surface area (Å²) in [5, 5.41) is 55.6. The lowest BCUT2D eigenvalue weighted by Gasteiger charge is -2.68. The summed E-state index contributed by atoms with van der Waals surface area (Å²) in [4.78, 5) is 26.1. The van der Waals surface area contributed by atoms with Gasteiger partial charge in [-0.05, 0) is 38.5 Å². The van der Waals surface area contributed by atoms with Crippen molar-refractivity contribution < 1.29 is 49.3 Å². The van der Waals surface area contributed by atoms with E-state index in [0.29, 0.717) is 6.42 Å². The van der Waals surface area contributed by atoms with Crippen molar-refractivity contribution in [2.45, 2.75) is 89.4 Å². The van der Waals surface area contributed by atoms with E-state index in [1.54, 1.807) is 26.8 Å². The Bertz CT molecular complexity index is 977. The first-order valence-electron chi connectivity index (χ1n) is 12.4. The van der Waals surface area contributed by atoms with E-state index >= 15 is 0 Å². The predicted octanol–water partition coefficient (Wildman–Crippen LogP) is -0.359. The highest BCUT2D eigenvalue weighted by atomic mass is 16.7. The van der Waals surface area contributed by atoms with Crippen LogP contribution in [0.3, 0.4) is 0 Å². The van der Waals surface area contributed by atoms with E-state index in [-0.39, 0.29) is 18.9 Å². The molecule has 0 radical (unpaired) electrons. The summed E-state index contributed by atoms with van der Waals surface area (Å²) in [6.45, 7) is 8.06. The van der Waals surface area contributed by atoms with Gasteiger partial charge in [0.25, 0.3) is 0 Å². The van der Waals surface area contributed by atoms with Gasteiger partial charge in [-0.25, -0.2) is 9.59 Å². The maximum absolute atomic E-state index is 13.3. The number of hydrogen-bond donors (Lipinski definition) is 5. The van der Waals surface area contributed by atoms with Gasteiger partial charge in [-0.2, -0.15) is 0 Å². The van der Waals surface area contributed by atoms with Crippen molar-refractivity contribution in [3.8, 4) is 0 Å². The highest BCUT2D eigenvalue weighted by molar-refractivity contribution is 5.84. The van der Waals surface area contributed by atoms with Gasteiger partial charge in [0.2, 0.25) is 6.10 Å². The van der Waals surface area contributed by atoms with Crippen molar-refractivity contribution in [2.24, 2.45) is 34.5 Å². The molecule has 5 rings (SSSR count). The van der Waals surface area contributed by atoms with Crippen LogP contribution in [0.1, 0.15) is 47.5 Å². The van der Waals surface area contributed by atoms with Crippen molar-refractivity contribution in [1.29, 1.82) is 0 Å². The van der Waals surface area contributed by atoms with Crippen molar-refractivity contribution in [1.82, 2.24) is 0 Å². The van der Waals surface area contributed by atoms with Gasteiger partial charge >= 0.3 is 11.9 Å². The summed E-state index contributed by atoms with van der Waals surface area (Å²) >= 11 is 0. The highest BCUT2D eigenvalue weighted by Crippen LogP contribution is 2.74. The topological polar surface area (TPSA) is 163 Å². The number of allylic oxidation sites excluding steroid dienone is 1. The lowest BCUT2D eigenvalue weighted by Crippen LogP contribution is -2.78. The molecule has 196 valence electrons. The first-order chi connectivity index (χ1) is 16.2. The standard InChI is InChI=1S/C25H36O10/c1-6-22(4,31)21(30)35-16-15-11(3)17(27)25(32)20-23(5)12(10(2)7-13(26)18(23)28)8-14(34-19(16)29)24(15,20)9-33-25/h7,11-18,20,26-28,31-32H,6,8-9H2,1-5H3/t11-,12+,13+,14-,15?,16-,17-,18-,20-,22+,23-,24+,25?/m1/s1. The minimum Gasteiger partial charge on any atom is -0.459 e. The molecule has 10 heteroatoms. The zero-order chi connectivity index (χ0) is 25.9. The number of esters is 2. The highest BCUT2D eigenvalue weighted by Gasteiger charge is 2.83. The zero-order valence-corrected chi connectivity index (χ0v) is 20.7. The second kappa shape index (κ2) is 7.49. The monoisotopic (exact) mass is 496 g/mol. The fraction of sp³-hybridized carbons (Fsp3) is 0.840. The molecule has 2 heterocycles. The molecule has 5 aliphatic rings. The van der Waals surface area contributed by atoms with Crippen molar-refractivity contribution >= 4 is 11.9 Å². The Labute approximate surface area is 203 Å². The Morgan fingerprint density at radius 3 is 2.57 bits per heavy atom. The Balaban J connectivity index is 1.68. The average Bonchev–Trinajstić information content (AvgIpc) is 3.08. The van der Waals surface area contributed by atoms with Crippen LogP contribution in [0.2, 0.25) is 0 Å². The number of hydrogen-bond acceptors (Lipinski definition) is 10. The molecule has 5 N–H and O–H groups in total. The molecule has 13 atom stereocenters. The van der Waals surface area contributed by atoms with E-state index in [1.165, 1.54) is 6.92 Å². The van der Waals surface area contributed by atoms with Crippen LogP contribution in [0.5, 0.6) is 0 Å². The number of fused-ring (bicyclic) bond motifs is 1. The van der Waals surface area contributed by atoms with Gasteiger partial charge in [0.1, 0.15) is 12.2 Å². The van der Waals surface area contributed by atoms with E-state index in [4.69, 9.17) is 14.2 Å². The quantitative estimate of drug-likeness (QED) is 0.258. The van der Waals surface area contributed by atoms with Gasteiger partial charge in [-0.15, -0.1) is 0 Å². The summed E-state index contributed by atoms with van der Waals surface area (Å²) < 4.78 is 17.4. The van der Waals surface area contributed by atoms with Crippen molar-refractivity contribution in [2.75, 3.05) is 6.61 Å². The van der Waals surface area contributed by atoms with Gasteiger partial charge < -0.3 is 39.7 Å². The molecule has 0 amide bonds. The van der Waals surface area contributed by atoms with E-state index in [1.807, 2.05) is 6.92 Å². The largest absolute Gasteiger partial charge is 0.459 e. The fourth-order valence-electron chi connectivity index (χ4n) is 8.28. The molecule has 4 fully saturated rings. The van der Waals surface area contributed by atoms with Gasteiger partial charge in [-0.1, -0.05) is 32.4 Å². The normalized spacial score (nSPS) is 54.1.